The summed E-state index contributed by atoms with van der Waals surface area (Å²) in [6.07, 6.45) is 8.88. The Labute approximate surface area is 129 Å². The first-order valence-electron chi connectivity index (χ1n) is 7.96. The van der Waals surface area contributed by atoms with E-state index in [-0.39, 0.29) is 5.41 Å². The van der Waals surface area contributed by atoms with Gasteiger partial charge in [0.1, 0.15) is 5.75 Å². The number of methoxy groups -OCH3 is 1. The van der Waals surface area contributed by atoms with Crippen molar-refractivity contribution >= 4 is 0 Å². The molecule has 2 atom stereocenters. The van der Waals surface area contributed by atoms with Gasteiger partial charge in [0, 0.05) is 12.0 Å². The molecule has 2 rings (SSSR count). The van der Waals surface area contributed by atoms with Crippen molar-refractivity contribution in [1.29, 1.82) is 0 Å². The molecule has 1 saturated heterocycles. The van der Waals surface area contributed by atoms with Gasteiger partial charge in [0.15, 0.2) is 0 Å². The number of rotatable bonds is 6. The van der Waals surface area contributed by atoms with Crippen molar-refractivity contribution in [1.82, 2.24) is 0 Å². The second kappa shape index (κ2) is 7.65. The van der Waals surface area contributed by atoms with Crippen LogP contribution in [0, 0.1) is 12.8 Å². The molecule has 2 nitrogen and oxygen atoms in total. The van der Waals surface area contributed by atoms with Gasteiger partial charge in [-0.1, -0.05) is 37.6 Å². The van der Waals surface area contributed by atoms with E-state index in [1.807, 2.05) is 6.08 Å². The Morgan fingerprint density at radius 3 is 2.67 bits per heavy atom. The van der Waals surface area contributed by atoms with Crippen molar-refractivity contribution in [2.75, 3.05) is 20.3 Å². The van der Waals surface area contributed by atoms with Gasteiger partial charge in [-0.2, -0.15) is 0 Å². The highest BCUT2D eigenvalue weighted by Gasteiger charge is 2.38. The first kappa shape index (κ1) is 16.1. The van der Waals surface area contributed by atoms with E-state index in [2.05, 4.69) is 44.2 Å². The Hall–Kier alpha value is -1.28. The van der Waals surface area contributed by atoms with E-state index in [0.29, 0.717) is 5.92 Å². The van der Waals surface area contributed by atoms with E-state index in [1.165, 1.54) is 12.0 Å². The van der Waals surface area contributed by atoms with Crippen molar-refractivity contribution in [3.8, 4) is 5.75 Å². The molecule has 1 aromatic rings. The summed E-state index contributed by atoms with van der Waals surface area (Å²) < 4.78 is 11.1. The maximum atomic E-state index is 5.77. The van der Waals surface area contributed by atoms with E-state index >= 15 is 0 Å². The lowest BCUT2D eigenvalue weighted by molar-refractivity contribution is 0.0275. The van der Waals surface area contributed by atoms with Gasteiger partial charge in [-0.25, -0.2) is 0 Å². The molecule has 0 aliphatic carbocycles. The maximum absolute atomic E-state index is 5.77. The SMILES string of the molecule is [CH2]C=CC(CCC)(c1ccc(OC)cc1)C1CCCOC1. The van der Waals surface area contributed by atoms with Crippen LogP contribution in [-0.2, 0) is 10.2 Å². The highest BCUT2D eigenvalue weighted by atomic mass is 16.5. The number of hydrogen-bond donors (Lipinski definition) is 0. The number of allylic oxidation sites excluding steroid dienone is 2. The van der Waals surface area contributed by atoms with Crippen molar-refractivity contribution in [3.05, 3.63) is 48.9 Å². The minimum atomic E-state index is 0.0309. The van der Waals surface area contributed by atoms with Gasteiger partial charge in [0.05, 0.1) is 13.7 Å². The van der Waals surface area contributed by atoms with E-state index in [9.17, 15) is 0 Å². The Balaban J connectivity index is 2.40. The van der Waals surface area contributed by atoms with Crippen LogP contribution in [0.2, 0.25) is 0 Å². The molecular formula is C19H27O2. The van der Waals surface area contributed by atoms with E-state index in [1.54, 1.807) is 7.11 Å². The minimum Gasteiger partial charge on any atom is -0.497 e. The second-order valence-corrected chi connectivity index (χ2v) is 5.84. The van der Waals surface area contributed by atoms with Crippen LogP contribution in [0.25, 0.3) is 0 Å². The highest BCUT2D eigenvalue weighted by Crippen LogP contribution is 2.42. The lowest BCUT2D eigenvalue weighted by atomic mass is 9.65. The molecule has 1 aliphatic rings. The molecule has 0 aromatic heterocycles. The molecule has 1 radical (unpaired) electrons. The largest absolute Gasteiger partial charge is 0.497 e. The van der Waals surface area contributed by atoms with E-state index in [0.717, 1.165) is 38.2 Å². The Kier molecular flexibility index (Phi) is 5.86. The van der Waals surface area contributed by atoms with Gasteiger partial charge in [0.2, 0.25) is 0 Å². The molecule has 1 fully saturated rings. The van der Waals surface area contributed by atoms with Crippen molar-refractivity contribution in [2.45, 2.75) is 38.0 Å². The summed E-state index contributed by atoms with van der Waals surface area (Å²) in [6.45, 7) is 7.95. The van der Waals surface area contributed by atoms with Gasteiger partial charge < -0.3 is 9.47 Å². The molecule has 115 valence electrons. The first-order valence-corrected chi connectivity index (χ1v) is 7.96. The van der Waals surface area contributed by atoms with Crippen LogP contribution in [0.5, 0.6) is 5.75 Å². The normalized spacial score (nSPS) is 22.1. The number of benzene rings is 1. The fourth-order valence-corrected chi connectivity index (χ4v) is 3.57. The average molecular weight is 287 g/mol. The smallest absolute Gasteiger partial charge is 0.118 e. The Bertz CT molecular complexity index is 443. The van der Waals surface area contributed by atoms with E-state index < -0.39 is 0 Å². The van der Waals surface area contributed by atoms with Crippen LogP contribution in [-0.4, -0.2) is 20.3 Å². The van der Waals surface area contributed by atoms with Crippen LogP contribution in [0.4, 0.5) is 0 Å². The molecule has 0 bridgehead atoms. The monoisotopic (exact) mass is 287 g/mol. The van der Waals surface area contributed by atoms with Crippen LogP contribution in [0.3, 0.4) is 0 Å². The third kappa shape index (κ3) is 3.49. The summed E-state index contributed by atoms with van der Waals surface area (Å²) in [5, 5.41) is 0. The topological polar surface area (TPSA) is 18.5 Å². The maximum Gasteiger partial charge on any atom is 0.118 e. The summed E-state index contributed by atoms with van der Waals surface area (Å²) in [4.78, 5) is 0. The van der Waals surface area contributed by atoms with Gasteiger partial charge in [-0.3, -0.25) is 0 Å². The summed E-state index contributed by atoms with van der Waals surface area (Å²) in [7, 11) is 1.71. The second-order valence-electron chi connectivity index (χ2n) is 5.84. The summed E-state index contributed by atoms with van der Waals surface area (Å²) in [5.41, 5.74) is 1.38. The molecule has 0 N–H and O–H groups in total. The van der Waals surface area contributed by atoms with Crippen LogP contribution < -0.4 is 4.74 Å². The van der Waals surface area contributed by atoms with Crippen molar-refractivity contribution in [2.24, 2.45) is 5.92 Å². The predicted molar refractivity (Wildman–Crippen MR) is 87.6 cm³/mol. The fraction of sp³-hybridized carbons (Fsp3) is 0.526. The predicted octanol–water partition coefficient (Wildman–Crippen LogP) is 4.55. The quantitative estimate of drug-likeness (QED) is 0.764. The van der Waals surface area contributed by atoms with Gasteiger partial charge >= 0.3 is 0 Å². The molecule has 1 heterocycles. The number of hydrogen-bond acceptors (Lipinski definition) is 2. The standard InChI is InChI=1S/C19H27O2/c1-4-12-19(13-5-2,17-7-6-14-21-15-17)16-8-10-18(20-3)11-9-16/h4,8-12,17H,1,5-7,13-15H2,2-3H3. The summed E-state index contributed by atoms with van der Waals surface area (Å²) in [5.74, 6) is 1.43. The zero-order valence-corrected chi connectivity index (χ0v) is 13.3. The van der Waals surface area contributed by atoms with Crippen LogP contribution in [0.15, 0.2) is 36.4 Å². The molecule has 21 heavy (non-hydrogen) atoms. The summed E-state index contributed by atoms with van der Waals surface area (Å²) >= 11 is 0. The molecule has 2 unspecified atom stereocenters. The van der Waals surface area contributed by atoms with Crippen LogP contribution in [0.1, 0.15) is 38.2 Å². The average Bonchev–Trinajstić information content (AvgIpc) is 2.55. The summed E-state index contributed by atoms with van der Waals surface area (Å²) in [6, 6.07) is 8.51. The minimum absolute atomic E-state index is 0.0309. The van der Waals surface area contributed by atoms with Crippen LogP contribution >= 0.6 is 0 Å². The molecule has 0 amide bonds. The number of ether oxygens (including phenoxy) is 2. The Morgan fingerprint density at radius 2 is 2.14 bits per heavy atom. The van der Waals surface area contributed by atoms with Crippen molar-refractivity contribution < 1.29 is 9.47 Å². The molecule has 2 heteroatoms. The first-order chi connectivity index (χ1) is 10.3. The molecular weight excluding hydrogens is 260 g/mol. The lowest BCUT2D eigenvalue weighted by Crippen LogP contribution is -2.38. The zero-order chi connectivity index (χ0) is 15.1. The third-order valence-corrected chi connectivity index (χ3v) is 4.60. The van der Waals surface area contributed by atoms with Gasteiger partial charge in [-0.15, -0.1) is 0 Å². The molecule has 0 saturated carbocycles. The molecule has 0 spiro atoms. The fourth-order valence-electron chi connectivity index (χ4n) is 3.57. The Morgan fingerprint density at radius 1 is 1.38 bits per heavy atom. The van der Waals surface area contributed by atoms with Crippen molar-refractivity contribution in [3.63, 3.8) is 0 Å². The highest BCUT2D eigenvalue weighted by molar-refractivity contribution is 5.37. The van der Waals surface area contributed by atoms with E-state index in [4.69, 9.17) is 9.47 Å². The third-order valence-electron chi connectivity index (χ3n) is 4.60. The molecule has 1 aromatic carbocycles. The van der Waals surface area contributed by atoms with Gasteiger partial charge in [0.25, 0.3) is 0 Å². The molecule has 1 aliphatic heterocycles. The van der Waals surface area contributed by atoms with Gasteiger partial charge in [-0.05, 0) is 49.8 Å². The zero-order valence-electron chi connectivity index (χ0n) is 13.3. The lowest BCUT2D eigenvalue weighted by Gasteiger charge is -2.41.